The molecule has 5 nitrogen and oxygen atoms in total. The Morgan fingerprint density at radius 1 is 1.13 bits per heavy atom. The Morgan fingerprint density at radius 3 is 2.80 bits per heavy atom. The third-order valence-electron chi connectivity index (χ3n) is 4.81. The van der Waals surface area contributed by atoms with Crippen LogP contribution in [0.15, 0.2) is 36.4 Å². The van der Waals surface area contributed by atoms with Gasteiger partial charge in [0.15, 0.2) is 11.5 Å². The van der Waals surface area contributed by atoms with E-state index in [0.717, 1.165) is 48.0 Å². The smallest absolute Gasteiger partial charge is 0.231 e. The molecule has 0 saturated heterocycles. The number of anilines is 1. The molecular formula is C23H23ClFN3O2. The Bertz CT molecular complexity index is 1100. The van der Waals surface area contributed by atoms with Gasteiger partial charge < -0.3 is 19.7 Å². The summed E-state index contributed by atoms with van der Waals surface area (Å²) < 4.78 is 24.8. The minimum absolute atomic E-state index is 0.0606. The molecule has 0 aliphatic carbocycles. The van der Waals surface area contributed by atoms with Crippen molar-refractivity contribution in [3.63, 3.8) is 0 Å². The molecule has 1 aliphatic heterocycles. The highest BCUT2D eigenvalue weighted by Gasteiger charge is 2.13. The van der Waals surface area contributed by atoms with E-state index in [-0.39, 0.29) is 11.8 Å². The van der Waals surface area contributed by atoms with Crippen molar-refractivity contribution in [2.24, 2.45) is 0 Å². The predicted octanol–water partition coefficient (Wildman–Crippen LogP) is 5.29. The first-order valence-electron chi connectivity index (χ1n) is 9.76. The van der Waals surface area contributed by atoms with E-state index in [1.165, 1.54) is 6.07 Å². The van der Waals surface area contributed by atoms with Crippen molar-refractivity contribution in [1.29, 1.82) is 0 Å². The normalized spacial score (nSPS) is 13.0. The monoisotopic (exact) mass is 427 g/mol. The van der Waals surface area contributed by atoms with E-state index in [2.05, 4.69) is 15.2 Å². The van der Waals surface area contributed by atoms with Crippen LogP contribution in [0, 0.1) is 5.82 Å². The first-order chi connectivity index (χ1) is 14.5. The standard InChI is InChI=1S/C23H23ClFN3O2/c1-28(2)9-3-8-26-20-11-16(27-21-13-18(24)19(25)12-17(20)21)6-4-15-5-7-22-23(10-15)30-14-29-22/h4-7,10-13H,3,8-9,14H2,1-2H3,(H,26,27)/b6-4+. The van der Waals surface area contributed by atoms with Gasteiger partial charge in [0.05, 0.1) is 16.2 Å². The van der Waals surface area contributed by atoms with Crippen LogP contribution in [-0.2, 0) is 0 Å². The van der Waals surface area contributed by atoms with Crippen LogP contribution in [-0.4, -0.2) is 43.9 Å². The lowest BCUT2D eigenvalue weighted by Crippen LogP contribution is -2.16. The Hall–Kier alpha value is -2.83. The second-order valence-electron chi connectivity index (χ2n) is 7.41. The van der Waals surface area contributed by atoms with Gasteiger partial charge in [-0.2, -0.15) is 0 Å². The third kappa shape index (κ3) is 4.66. The highest BCUT2D eigenvalue weighted by atomic mass is 35.5. The van der Waals surface area contributed by atoms with Crippen molar-refractivity contribution in [2.45, 2.75) is 6.42 Å². The molecule has 30 heavy (non-hydrogen) atoms. The van der Waals surface area contributed by atoms with Crippen LogP contribution in [0.2, 0.25) is 5.02 Å². The van der Waals surface area contributed by atoms with Crippen LogP contribution < -0.4 is 14.8 Å². The van der Waals surface area contributed by atoms with E-state index in [1.807, 2.05) is 50.5 Å². The zero-order valence-electron chi connectivity index (χ0n) is 16.9. The Kier molecular flexibility index (Phi) is 6.06. The number of hydrogen-bond donors (Lipinski definition) is 1. The molecule has 1 N–H and O–H groups in total. The van der Waals surface area contributed by atoms with Gasteiger partial charge >= 0.3 is 0 Å². The second kappa shape index (κ2) is 8.90. The van der Waals surface area contributed by atoms with E-state index in [4.69, 9.17) is 21.1 Å². The maximum atomic E-state index is 14.1. The third-order valence-corrected chi connectivity index (χ3v) is 5.10. The molecule has 0 atom stereocenters. The number of nitrogens with zero attached hydrogens (tertiary/aromatic N) is 2. The molecule has 156 valence electrons. The lowest BCUT2D eigenvalue weighted by atomic mass is 10.1. The molecule has 1 aromatic heterocycles. The largest absolute Gasteiger partial charge is 0.454 e. The Morgan fingerprint density at radius 2 is 1.97 bits per heavy atom. The molecule has 0 bridgehead atoms. The van der Waals surface area contributed by atoms with E-state index in [9.17, 15) is 4.39 Å². The number of benzene rings is 2. The molecule has 0 amide bonds. The van der Waals surface area contributed by atoms with Gasteiger partial charge in [-0.15, -0.1) is 0 Å². The fourth-order valence-corrected chi connectivity index (χ4v) is 3.45. The maximum absolute atomic E-state index is 14.1. The van der Waals surface area contributed by atoms with Crippen molar-refractivity contribution in [1.82, 2.24) is 9.88 Å². The Labute approximate surface area is 180 Å². The average Bonchev–Trinajstić information content (AvgIpc) is 3.18. The van der Waals surface area contributed by atoms with Crippen molar-refractivity contribution >= 4 is 40.3 Å². The molecule has 4 rings (SSSR count). The van der Waals surface area contributed by atoms with Crippen molar-refractivity contribution in [3.8, 4) is 11.5 Å². The average molecular weight is 428 g/mol. The second-order valence-corrected chi connectivity index (χ2v) is 7.81. The highest BCUT2D eigenvalue weighted by Crippen LogP contribution is 2.33. The predicted molar refractivity (Wildman–Crippen MR) is 120 cm³/mol. The van der Waals surface area contributed by atoms with Gasteiger partial charge in [-0.3, -0.25) is 0 Å². The number of rotatable bonds is 7. The van der Waals surface area contributed by atoms with Gasteiger partial charge in [0.2, 0.25) is 6.79 Å². The zero-order valence-corrected chi connectivity index (χ0v) is 17.7. The highest BCUT2D eigenvalue weighted by molar-refractivity contribution is 6.31. The summed E-state index contributed by atoms with van der Waals surface area (Å²) in [6.07, 6.45) is 4.84. The number of aromatic nitrogens is 1. The van der Waals surface area contributed by atoms with Crippen molar-refractivity contribution < 1.29 is 13.9 Å². The summed E-state index contributed by atoms with van der Waals surface area (Å²) in [5.41, 5.74) is 3.20. The Balaban J connectivity index is 1.63. The summed E-state index contributed by atoms with van der Waals surface area (Å²) in [4.78, 5) is 6.77. The minimum Gasteiger partial charge on any atom is -0.454 e. The van der Waals surface area contributed by atoms with Crippen LogP contribution in [0.4, 0.5) is 10.1 Å². The van der Waals surface area contributed by atoms with Gasteiger partial charge in [0.1, 0.15) is 5.82 Å². The van der Waals surface area contributed by atoms with E-state index in [0.29, 0.717) is 10.9 Å². The summed E-state index contributed by atoms with van der Waals surface area (Å²) in [6, 6.07) is 10.7. The maximum Gasteiger partial charge on any atom is 0.231 e. The molecule has 2 aromatic carbocycles. The number of fused-ring (bicyclic) bond motifs is 2. The summed E-state index contributed by atoms with van der Waals surface area (Å²) in [5.74, 6) is 1.02. The van der Waals surface area contributed by atoms with Crippen molar-refractivity contribution in [2.75, 3.05) is 39.3 Å². The molecule has 3 aromatic rings. The summed E-state index contributed by atoms with van der Waals surface area (Å²) in [7, 11) is 4.08. The SMILES string of the molecule is CN(C)CCCNc1cc(/C=C/c2ccc3c(c2)OCO3)nc2cc(Cl)c(F)cc12. The molecule has 0 unspecified atom stereocenters. The van der Waals surface area contributed by atoms with Crippen LogP contribution >= 0.6 is 11.6 Å². The molecular weight excluding hydrogens is 405 g/mol. The lowest BCUT2D eigenvalue weighted by Gasteiger charge is -2.13. The molecule has 1 aliphatic rings. The van der Waals surface area contributed by atoms with Crippen LogP contribution in [0.3, 0.4) is 0 Å². The van der Waals surface area contributed by atoms with Crippen LogP contribution in [0.5, 0.6) is 11.5 Å². The fourth-order valence-electron chi connectivity index (χ4n) is 3.29. The van der Waals surface area contributed by atoms with E-state index < -0.39 is 5.82 Å². The van der Waals surface area contributed by atoms with Gasteiger partial charge in [-0.1, -0.05) is 23.7 Å². The minimum atomic E-state index is -0.453. The first kappa shape index (κ1) is 20.4. The fraction of sp³-hybridized carbons (Fsp3) is 0.261. The summed E-state index contributed by atoms with van der Waals surface area (Å²) in [6.45, 7) is 1.98. The molecule has 0 saturated carbocycles. The number of halogens is 2. The molecule has 0 spiro atoms. The molecule has 2 heterocycles. The van der Waals surface area contributed by atoms with Gasteiger partial charge in [0, 0.05) is 17.6 Å². The van der Waals surface area contributed by atoms with Gasteiger partial charge in [0.25, 0.3) is 0 Å². The lowest BCUT2D eigenvalue weighted by molar-refractivity contribution is 0.174. The topological polar surface area (TPSA) is 46.6 Å². The van der Waals surface area contributed by atoms with E-state index >= 15 is 0 Å². The van der Waals surface area contributed by atoms with Crippen LogP contribution in [0.25, 0.3) is 23.1 Å². The van der Waals surface area contributed by atoms with Gasteiger partial charge in [-0.25, -0.2) is 9.37 Å². The quantitative estimate of drug-likeness (QED) is 0.519. The van der Waals surface area contributed by atoms with Crippen LogP contribution in [0.1, 0.15) is 17.7 Å². The molecule has 0 fully saturated rings. The van der Waals surface area contributed by atoms with Crippen molar-refractivity contribution in [3.05, 3.63) is 58.5 Å². The number of hydrogen-bond acceptors (Lipinski definition) is 5. The number of pyridine rings is 1. The van der Waals surface area contributed by atoms with Gasteiger partial charge in [-0.05, 0) is 69.0 Å². The van der Waals surface area contributed by atoms with E-state index in [1.54, 1.807) is 6.07 Å². The number of ether oxygens (including phenoxy) is 2. The number of nitrogens with one attached hydrogen (secondary N) is 1. The summed E-state index contributed by atoms with van der Waals surface area (Å²) >= 11 is 6.00. The first-order valence-corrected chi connectivity index (χ1v) is 10.1. The zero-order chi connectivity index (χ0) is 21.1. The molecule has 7 heteroatoms. The summed E-state index contributed by atoms with van der Waals surface area (Å²) in [5, 5.41) is 4.19. The molecule has 0 radical (unpaired) electrons.